The molecule has 0 aromatic rings. The van der Waals surface area contributed by atoms with Crippen molar-refractivity contribution in [2.45, 2.75) is 40.0 Å². The Morgan fingerprint density at radius 2 is 2.00 bits per heavy atom. The van der Waals surface area contributed by atoms with E-state index in [0.717, 1.165) is 5.92 Å². The summed E-state index contributed by atoms with van der Waals surface area (Å²) in [5.41, 5.74) is 0. The predicted octanol–water partition coefficient (Wildman–Crippen LogP) is 3.39. The van der Waals surface area contributed by atoms with E-state index in [2.05, 4.69) is 32.9 Å². The molecule has 0 aromatic carbocycles. The molecule has 0 heterocycles. The van der Waals surface area contributed by atoms with Gasteiger partial charge >= 0.3 is 0 Å². The lowest BCUT2D eigenvalue weighted by Gasteiger charge is -1.97. The summed E-state index contributed by atoms with van der Waals surface area (Å²) in [6.45, 7) is 6.69. The Morgan fingerprint density at radius 3 is 2.44 bits per heavy atom. The summed E-state index contributed by atoms with van der Waals surface area (Å²) in [5, 5.41) is 0. The third-order valence-electron chi connectivity index (χ3n) is 1.56. The molecule has 0 fully saturated rings. The molecule has 0 bridgehead atoms. The molecule has 0 aliphatic carbocycles. The Kier molecular flexibility index (Phi) is 5.70. The Balaban J connectivity index is 3.20. The van der Waals surface area contributed by atoms with E-state index in [1.54, 1.807) is 0 Å². The van der Waals surface area contributed by atoms with Gasteiger partial charge in [0.05, 0.1) is 0 Å². The van der Waals surface area contributed by atoms with E-state index in [4.69, 9.17) is 0 Å². The Bertz CT molecular complexity index is 72.1. The highest BCUT2D eigenvalue weighted by Gasteiger charge is 1.87. The van der Waals surface area contributed by atoms with Gasteiger partial charge in [-0.05, 0) is 12.3 Å². The van der Waals surface area contributed by atoms with Crippen molar-refractivity contribution in [2.75, 3.05) is 0 Å². The minimum Gasteiger partial charge on any atom is -0.0883 e. The van der Waals surface area contributed by atoms with Gasteiger partial charge in [-0.3, -0.25) is 0 Å². The molecule has 0 saturated heterocycles. The molecule has 0 spiro atoms. The smallest absolute Gasteiger partial charge is 0.0265 e. The van der Waals surface area contributed by atoms with Gasteiger partial charge in [-0.1, -0.05) is 45.8 Å². The summed E-state index contributed by atoms with van der Waals surface area (Å²) in [6, 6.07) is 0. The molecule has 0 aromatic heterocycles. The summed E-state index contributed by atoms with van der Waals surface area (Å²) in [6.07, 6.45) is 8.37. The van der Waals surface area contributed by atoms with Crippen LogP contribution in [0, 0.1) is 5.92 Å². The van der Waals surface area contributed by atoms with Crippen LogP contribution in [0.4, 0.5) is 0 Å². The molecule has 54 valence electrons. The normalized spacial score (nSPS) is 14.6. The van der Waals surface area contributed by atoms with E-state index < -0.39 is 0 Å². The van der Waals surface area contributed by atoms with E-state index in [0.29, 0.717) is 0 Å². The average Bonchev–Trinajstić information content (AvgIpc) is 1.89. The van der Waals surface area contributed by atoms with Crippen LogP contribution in [0.3, 0.4) is 0 Å². The second-order valence-electron chi connectivity index (χ2n) is 2.60. The molecule has 0 amide bonds. The van der Waals surface area contributed by atoms with Gasteiger partial charge in [0.1, 0.15) is 0 Å². The minimum absolute atomic E-state index is 0.775. The molecule has 0 saturated carbocycles. The first-order valence-electron chi connectivity index (χ1n) is 3.97. The van der Waals surface area contributed by atoms with Gasteiger partial charge in [0, 0.05) is 0 Å². The van der Waals surface area contributed by atoms with Crippen LogP contribution in [0.15, 0.2) is 12.2 Å². The highest BCUT2D eigenvalue weighted by atomic mass is 13.9. The Labute approximate surface area is 59.0 Å². The van der Waals surface area contributed by atoms with Crippen LogP contribution >= 0.6 is 0 Å². The standard InChI is InChI=1S/C9H18/c1-4-6-7-8-9(3)5-2/h7-9H,4-6H2,1-3H3/b8-7-/t9-/m1/s1. The monoisotopic (exact) mass is 126 g/mol. The van der Waals surface area contributed by atoms with Crippen LogP contribution in [-0.4, -0.2) is 0 Å². The molecule has 0 nitrogen and oxygen atoms in total. The van der Waals surface area contributed by atoms with E-state index in [9.17, 15) is 0 Å². The van der Waals surface area contributed by atoms with Crippen LogP contribution in [0.25, 0.3) is 0 Å². The number of rotatable bonds is 4. The highest BCUT2D eigenvalue weighted by Crippen LogP contribution is 2.02. The summed E-state index contributed by atoms with van der Waals surface area (Å²) >= 11 is 0. The average molecular weight is 126 g/mol. The number of unbranched alkanes of at least 4 members (excludes halogenated alkanes) is 1. The largest absolute Gasteiger partial charge is 0.0883 e. The van der Waals surface area contributed by atoms with Gasteiger partial charge in [-0.2, -0.15) is 0 Å². The first kappa shape index (κ1) is 8.74. The molecule has 0 N–H and O–H groups in total. The summed E-state index contributed by atoms with van der Waals surface area (Å²) in [5.74, 6) is 0.775. The first-order valence-corrected chi connectivity index (χ1v) is 3.97. The van der Waals surface area contributed by atoms with Crippen molar-refractivity contribution in [3.63, 3.8) is 0 Å². The molecule has 0 aliphatic heterocycles. The summed E-state index contributed by atoms with van der Waals surface area (Å²) in [4.78, 5) is 0. The topological polar surface area (TPSA) is 0 Å². The summed E-state index contributed by atoms with van der Waals surface area (Å²) in [7, 11) is 0. The fourth-order valence-corrected chi connectivity index (χ4v) is 0.631. The van der Waals surface area contributed by atoms with Crippen molar-refractivity contribution in [3.8, 4) is 0 Å². The SMILES string of the molecule is CCC/C=C\[C@H](C)CC. The molecule has 0 rings (SSSR count). The maximum absolute atomic E-state index is 2.31. The number of hydrogen-bond donors (Lipinski definition) is 0. The lowest BCUT2D eigenvalue weighted by molar-refractivity contribution is 0.694. The van der Waals surface area contributed by atoms with Crippen molar-refractivity contribution in [1.29, 1.82) is 0 Å². The van der Waals surface area contributed by atoms with Crippen molar-refractivity contribution < 1.29 is 0 Å². The van der Waals surface area contributed by atoms with Crippen molar-refractivity contribution >= 4 is 0 Å². The second kappa shape index (κ2) is 5.87. The van der Waals surface area contributed by atoms with E-state index in [1.807, 2.05) is 0 Å². The van der Waals surface area contributed by atoms with Gasteiger partial charge in [0.25, 0.3) is 0 Å². The molecule has 1 atom stereocenters. The zero-order chi connectivity index (χ0) is 7.11. The molecule has 0 heteroatoms. The fraction of sp³-hybridized carbons (Fsp3) is 0.778. The van der Waals surface area contributed by atoms with Crippen molar-refractivity contribution in [2.24, 2.45) is 5.92 Å². The van der Waals surface area contributed by atoms with Gasteiger partial charge in [-0.15, -0.1) is 0 Å². The van der Waals surface area contributed by atoms with Crippen LogP contribution in [0.5, 0.6) is 0 Å². The maximum atomic E-state index is 2.31. The highest BCUT2D eigenvalue weighted by molar-refractivity contribution is 4.85. The second-order valence-corrected chi connectivity index (χ2v) is 2.60. The third kappa shape index (κ3) is 5.61. The molecular formula is C9H18. The first-order chi connectivity index (χ1) is 4.31. The van der Waals surface area contributed by atoms with Crippen LogP contribution in [-0.2, 0) is 0 Å². The zero-order valence-corrected chi connectivity index (χ0v) is 6.85. The number of hydrogen-bond acceptors (Lipinski definition) is 0. The van der Waals surface area contributed by atoms with E-state index in [1.165, 1.54) is 19.3 Å². The number of allylic oxidation sites excluding steroid dienone is 2. The zero-order valence-electron chi connectivity index (χ0n) is 6.85. The predicted molar refractivity (Wildman–Crippen MR) is 43.5 cm³/mol. The summed E-state index contributed by atoms with van der Waals surface area (Å²) < 4.78 is 0. The van der Waals surface area contributed by atoms with Gasteiger partial charge < -0.3 is 0 Å². The minimum atomic E-state index is 0.775. The molecule has 0 radical (unpaired) electrons. The fourth-order valence-electron chi connectivity index (χ4n) is 0.631. The van der Waals surface area contributed by atoms with Crippen LogP contribution in [0.1, 0.15) is 40.0 Å². The van der Waals surface area contributed by atoms with E-state index in [-0.39, 0.29) is 0 Å². The lowest BCUT2D eigenvalue weighted by Crippen LogP contribution is -1.83. The Hall–Kier alpha value is -0.260. The maximum Gasteiger partial charge on any atom is -0.0265 e. The van der Waals surface area contributed by atoms with Crippen molar-refractivity contribution in [1.82, 2.24) is 0 Å². The molecule has 0 unspecified atom stereocenters. The third-order valence-corrected chi connectivity index (χ3v) is 1.56. The molecular weight excluding hydrogens is 108 g/mol. The van der Waals surface area contributed by atoms with Gasteiger partial charge in [-0.25, -0.2) is 0 Å². The van der Waals surface area contributed by atoms with E-state index >= 15 is 0 Å². The quantitative estimate of drug-likeness (QED) is 0.506. The van der Waals surface area contributed by atoms with Crippen LogP contribution in [0.2, 0.25) is 0 Å². The molecule has 0 aliphatic rings. The van der Waals surface area contributed by atoms with Gasteiger partial charge in [0.2, 0.25) is 0 Å². The lowest BCUT2D eigenvalue weighted by atomic mass is 10.1. The van der Waals surface area contributed by atoms with Crippen LogP contribution < -0.4 is 0 Å². The Morgan fingerprint density at radius 1 is 1.33 bits per heavy atom. The van der Waals surface area contributed by atoms with Gasteiger partial charge in [0.15, 0.2) is 0 Å². The van der Waals surface area contributed by atoms with Crippen molar-refractivity contribution in [3.05, 3.63) is 12.2 Å². The molecule has 9 heavy (non-hydrogen) atoms.